The van der Waals surface area contributed by atoms with Gasteiger partial charge in [-0.2, -0.15) is 9.29 Å². The fourth-order valence-electron chi connectivity index (χ4n) is 2.87. The van der Waals surface area contributed by atoms with Gasteiger partial charge in [-0.3, -0.25) is 0 Å². The topological polar surface area (TPSA) is 89.4 Å². The molecular formula is C17H17N3O4S. The highest BCUT2D eigenvalue weighted by Gasteiger charge is 2.26. The molecule has 0 atom stereocenters. The minimum atomic E-state index is -3.44. The van der Waals surface area contributed by atoms with Crippen molar-refractivity contribution in [3.8, 4) is 23.0 Å². The van der Waals surface area contributed by atoms with Crippen LogP contribution in [0.25, 0.3) is 23.0 Å². The van der Waals surface area contributed by atoms with Crippen LogP contribution in [0.5, 0.6) is 0 Å². The van der Waals surface area contributed by atoms with Gasteiger partial charge in [0, 0.05) is 18.7 Å². The van der Waals surface area contributed by atoms with Crippen molar-refractivity contribution in [2.45, 2.75) is 24.2 Å². The molecule has 0 spiro atoms. The molecule has 2 aromatic heterocycles. The summed E-state index contributed by atoms with van der Waals surface area (Å²) < 4.78 is 37.3. The summed E-state index contributed by atoms with van der Waals surface area (Å²) in [6.45, 7) is 1.17. The third-order valence-electron chi connectivity index (χ3n) is 4.22. The number of hydrogen-bond acceptors (Lipinski definition) is 6. The highest BCUT2D eigenvalue weighted by Crippen LogP contribution is 2.25. The summed E-state index contributed by atoms with van der Waals surface area (Å²) in [6.07, 6.45) is 4.44. The number of aromatic nitrogens is 2. The van der Waals surface area contributed by atoms with Gasteiger partial charge >= 0.3 is 0 Å². The van der Waals surface area contributed by atoms with Crippen LogP contribution in [0.4, 0.5) is 0 Å². The first-order valence-electron chi connectivity index (χ1n) is 8.13. The van der Waals surface area contributed by atoms with Crippen molar-refractivity contribution >= 4 is 10.0 Å². The van der Waals surface area contributed by atoms with E-state index in [9.17, 15) is 8.42 Å². The van der Waals surface area contributed by atoms with Gasteiger partial charge < -0.3 is 8.94 Å². The summed E-state index contributed by atoms with van der Waals surface area (Å²) in [7, 11) is -3.44. The molecule has 1 saturated heterocycles. The summed E-state index contributed by atoms with van der Waals surface area (Å²) >= 11 is 0. The Balaban J connectivity index is 1.58. The van der Waals surface area contributed by atoms with E-state index in [-0.39, 0.29) is 10.8 Å². The van der Waals surface area contributed by atoms with Crippen molar-refractivity contribution < 1.29 is 17.4 Å². The molecule has 4 rings (SSSR count). The molecule has 25 heavy (non-hydrogen) atoms. The van der Waals surface area contributed by atoms with E-state index in [0.29, 0.717) is 30.2 Å². The lowest BCUT2D eigenvalue weighted by atomic mass is 10.2. The maximum absolute atomic E-state index is 12.7. The summed E-state index contributed by atoms with van der Waals surface area (Å²) in [5.74, 6) is 1.15. The smallest absolute Gasteiger partial charge is 0.293 e. The molecule has 1 aliphatic rings. The van der Waals surface area contributed by atoms with Gasteiger partial charge in [-0.25, -0.2) is 8.42 Å². The van der Waals surface area contributed by atoms with Gasteiger partial charge in [0.1, 0.15) is 0 Å². The van der Waals surface area contributed by atoms with Crippen LogP contribution < -0.4 is 0 Å². The Morgan fingerprint density at radius 3 is 2.44 bits per heavy atom. The molecule has 1 aromatic carbocycles. The Morgan fingerprint density at radius 2 is 1.76 bits per heavy atom. The molecule has 0 unspecified atom stereocenters. The molecule has 0 saturated carbocycles. The van der Waals surface area contributed by atoms with Crippen molar-refractivity contribution in [1.29, 1.82) is 0 Å². The van der Waals surface area contributed by atoms with Crippen molar-refractivity contribution in [3.05, 3.63) is 42.7 Å². The molecule has 0 amide bonds. The summed E-state index contributed by atoms with van der Waals surface area (Å²) in [5.41, 5.74) is 0.680. The second-order valence-corrected chi connectivity index (χ2v) is 7.83. The van der Waals surface area contributed by atoms with Crippen molar-refractivity contribution in [3.63, 3.8) is 0 Å². The predicted octanol–water partition coefficient (Wildman–Crippen LogP) is 3.17. The molecule has 0 radical (unpaired) electrons. The number of rotatable bonds is 4. The zero-order valence-corrected chi connectivity index (χ0v) is 14.3. The van der Waals surface area contributed by atoms with Crippen LogP contribution in [-0.2, 0) is 10.0 Å². The monoisotopic (exact) mass is 359 g/mol. The van der Waals surface area contributed by atoms with Crippen LogP contribution in [0.1, 0.15) is 19.3 Å². The van der Waals surface area contributed by atoms with Crippen LogP contribution in [0.3, 0.4) is 0 Å². The lowest BCUT2D eigenvalue weighted by Gasteiger charge is -2.25. The van der Waals surface area contributed by atoms with E-state index in [1.807, 2.05) is 0 Å². The Kier molecular flexibility index (Phi) is 4.14. The Bertz CT molecular complexity index is 940. The molecule has 0 aliphatic carbocycles. The van der Waals surface area contributed by atoms with Gasteiger partial charge in [-0.05, 0) is 49.2 Å². The standard InChI is InChI=1S/C17H17N3O4S/c21-25(22,20-10-2-1-3-11-20)14-8-6-13(7-9-14)16-18-17(24-19-16)15-5-4-12-23-15/h4-9,12H,1-3,10-11H2. The van der Waals surface area contributed by atoms with E-state index >= 15 is 0 Å². The van der Waals surface area contributed by atoms with Gasteiger partial charge in [0.2, 0.25) is 15.8 Å². The quantitative estimate of drug-likeness (QED) is 0.711. The number of nitrogens with zero attached hydrogens (tertiary/aromatic N) is 3. The number of furan rings is 1. The number of sulfonamides is 1. The average molecular weight is 359 g/mol. The van der Waals surface area contributed by atoms with Gasteiger partial charge in [-0.15, -0.1) is 0 Å². The van der Waals surface area contributed by atoms with E-state index in [0.717, 1.165) is 19.3 Å². The predicted molar refractivity (Wildman–Crippen MR) is 90.0 cm³/mol. The van der Waals surface area contributed by atoms with Crippen LogP contribution in [-0.4, -0.2) is 36.0 Å². The number of benzene rings is 1. The van der Waals surface area contributed by atoms with Crippen molar-refractivity contribution in [2.75, 3.05) is 13.1 Å². The van der Waals surface area contributed by atoms with E-state index in [1.165, 1.54) is 6.26 Å². The second-order valence-electron chi connectivity index (χ2n) is 5.89. The highest BCUT2D eigenvalue weighted by molar-refractivity contribution is 7.89. The Labute approximate surface area is 145 Å². The zero-order valence-electron chi connectivity index (χ0n) is 13.5. The summed E-state index contributed by atoms with van der Waals surface area (Å²) in [6, 6.07) is 10.0. The van der Waals surface area contributed by atoms with Crippen LogP contribution >= 0.6 is 0 Å². The largest absolute Gasteiger partial charge is 0.459 e. The third-order valence-corrected chi connectivity index (χ3v) is 6.14. The number of piperidine rings is 1. The van der Waals surface area contributed by atoms with Crippen molar-refractivity contribution in [1.82, 2.24) is 14.4 Å². The number of hydrogen-bond donors (Lipinski definition) is 0. The zero-order chi connectivity index (χ0) is 17.3. The molecule has 130 valence electrons. The molecule has 3 heterocycles. The van der Waals surface area contributed by atoms with E-state index in [1.54, 1.807) is 40.7 Å². The molecule has 1 aliphatic heterocycles. The van der Waals surface area contributed by atoms with Crippen LogP contribution in [0, 0.1) is 0 Å². The molecule has 3 aromatic rings. The van der Waals surface area contributed by atoms with E-state index < -0.39 is 10.0 Å². The Hall–Kier alpha value is -2.45. The first-order valence-corrected chi connectivity index (χ1v) is 9.57. The maximum Gasteiger partial charge on any atom is 0.293 e. The van der Waals surface area contributed by atoms with Gasteiger partial charge in [-0.1, -0.05) is 11.6 Å². The maximum atomic E-state index is 12.7. The Morgan fingerprint density at radius 1 is 1.00 bits per heavy atom. The summed E-state index contributed by atoms with van der Waals surface area (Å²) in [5, 5.41) is 3.92. The van der Waals surface area contributed by atoms with Gasteiger partial charge in [0.25, 0.3) is 5.89 Å². The molecule has 0 bridgehead atoms. The highest BCUT2D eigenvalue weighted by atomic mass is 32.2. The minimum absolute atomic E-state index is 0.282. The van der Waals surface area contributed by atoms with Crippen LogP contribution in [0.2, 0.25) is 0 Å². The fraction of sp³-hybridized carbons (Fsp3) is 0.294. The first kappa shape index (κ1) is 16.0. The van der Waals surface area contributed by atoms with Gasteiger partial charge in [0.15, 0.2) is 5.76 Å². The fourth-order valence-corrected chi connectivity index (χ4v) is 4.39. The lowest BCUT2D eigenvalue weighted by Crippen LogP contribution is -2.35. The average Bonchev–Trinajstić information content (AvgIpc) is 3.34. The molecule has 0 N–H and O–H groups in total. The minimum Gasteiger partial charge on any atom is -0.459 e. The summed E-state index contributed by atoms with van der Waals surface area (Å²) in [4.78, 5) is 4.56. The lowest BCUT2D eigenvalue weighted by molar-refractivity contribution is 0.346. The molecule has 7 nitrogen and oxygen atoms in total. The molecule has 8 heteroatoms. The van der Waals surface area contributed by atoms with E-state index in [4.69, 9.17) is 8.94 Å². The molecule has 1 fully saturated rings. The van der Waals surface area contributed by atoms with Gasteiger partial charge in [0.05, 0.1) is 11.2 Å². The SMILES string of the molecule is O=S(=O)(c1ccc(-c2noc(-c3ccco3)n2)cc1)N1CCCCC1. The van der Waals surface area contributed by atoms with Crippen molar-refractivity contribution in [2.24, 2.45) is 0 Å². The first-order chi connectivity index (χ1) is 12.1. The molecular weight excluding hydrogens is 342 g/mol. The normalized spacial score (nSPS) is 16.2. The third kappa shape index (κ3) is 3.10. The second kappa shape index (κ2) is 6.45. The van der Waals surface area contributed by atoms with Crippen LogP contribution in [0.15, 0.2) is 56.5 Å². The van der Waals surface area contributed by atoms with E-state index in [2.05, 4.69) is 10.1 Å².